The van der Waals surface area contributed by atoms with Crippen LogP contribution in [0.2, 0.25) is 0 Å². The van der Waals surface area contributed by atoms with Crippen molar-refractivity contribution in [2.45, 2.75) is 0 Å². The minimum Gasteiger partial charge on any atom is -0.420 e. The molecule has 0 saturated heterocycles. The van der Waals surface area contributed by atoms with Crippen molar-refractivity contribution >= 4 is 5.97 Å². The van der Waals surface area contributed by atoms with Crippen LogP contribution in [0.25, 0.3) is 0 Å². The van der Waals surface area contributed by atoms with E-state index >= 15 is 0 Å². The molecule has 1 rings (SSSR count). The van der Waals surface area contributed by atoms with E-state index in [1.807, 2.05) is 0 Å². The van der Waals surface area contributed by atoms with Gasteiger partial charge in [-0.2, -0.15) is 0 Å². The van der Waals surface area contributed by atoms with Gasteiger partial charge in [0.15, 0.2) is 11.6 Å². The van der Waals surface area contributed by atoms with Crippen LogP contribution in [-0.2, 0) is 4.79 Å². The van der Waals surface area contributed by atoms with Gasteiger partial charge in [0, 0.05) is 12.1 Å². The molecule has 0 aliphatic rings. The second-order valence-electron chi connectivity index (χ2n) is 2.20. The minimum atomic E-state index is -0.829. The highest BCUT2D eigenvalue weighted by atomic mass is 19.1. The lowest BCUT2D eigenvalue weighted by Crippen LogP contribution is -2.04. The molecule has 0 aliphatic heterocycles. The molecule has 0 aromatic heterocycles. The molecular formula is C9H6F2O2. The van der Waals surface area contributed by atoms with E-state index in [9.17, 15) is 13.6 Å². The largest absolute Gasteiger partial charge is 0.420 e. The van der Waals surface area contributed by atoms with Crippen LogP contribution in [0.5, 0.6) is 5.75 Å². The fourth-order valence-electron chi connectivity index (χ4n) is 0.705. The van der Waals surface area contributed by atoms with Crippen LogP contribution in [0.4, 0.5) is 8.78 Å². The van der Waals surface area contributed by atoms with E-state index in [2.05, 4.69) is 11.3 Å². The molecule has 0 amide bonds. The Labute approximate surface area is 73.4 Å². The molecule has 68 valence electrons. The summed E-state index contributed by atoms with van der Waals surface area (Å²) in [5.74, 6) is -2.74. The van der Waals surface area contributed by atoms with Gasteiger partial charge in [-0.25, -0.2) is 13.6 Å². The number of hydrogen-bond donors (Lipinski definition) is 0. The maximum absolute atomic E-state index is 12.8. The first-order valence-electron chi connectivity index (χ1n) is 3.43. The molecule has 0 saturated carbocycles. The Bertz CT molecular complexity index is 347. The summed E-state index contributed by atoms with van der Waals surface area (Å²) in [6.45, 7) is 3.12. The van der Waals surface area contributed by atoms with Crippen molar-refractivity contribution in [2.24, 2.45) is 0 Å². The lowest BCUT2D eigenvalue weighted by molar-refractivity contribution is -0.129. The zero-order valence-electron chi connectivity index (χ0n) is 6.59. The first kappa shape index (κ1) is 9.38. The standard InChI is InChI=1S/C9H6F2O2/c1-2-9(12)13-8-5-6(10)3-4-7(8)11/h2-5H,1H2. The van der Waals surface area contributed by atoms with Crippen LogP contribution in [0.15, 0.2) is 30.9 Å². The van der Waals surface area contributed by atoms with E-state index in [1.54, 1.807) is 0 Å². The number of benzene rings is 1. The second-order valence-corrected chi connectivity index (χ2v) is 2.20. The quantitative estimate of drug-likeness (QED) is 0.399. The normalized spacial score (nSPS) is 9.38. The molecule has 0 bridgehead atoms. The van der Waals surface area contributed by atoms with Crippen molar-refractivity contribution < 1.29 is 18.3 Å². The van der Waals surface area contributed by atoms with Gasteiger partial charge in [0.1, 0.15) is 5.82 Å². The maximum Gasteiger partial charge on any atom is 0.335 e. The van der Waals surface area contributed by atoms with Gasteiger partial charge in [-0.3, -0.25) is 0 Å². The molecule has 1 aromatic carbocycles. The summed E-state index contributed by atoms with van der Waals surface area (Å²) in [6, 6.07) is 2.60. The highest BCUT2D eigenvalue weighted by molar-refractivity contribution is 5.83. The van der Waals surface area contributed by atoms with Gasteiger partial charge in [-0.15, -0.1) is 0 Å². The Hall–Kier alpha value is -1.71. The minimum absolute atomic E-state index is 0.440. The third-order valence-electron chi connectivity index (χ3n) is 1.27. The molecule has 0 unspecified atom stereocenters. The van der Waals surface area contributed by atoms with E-state index in [4.69, 9.17) is 0 Å². The topological polar surface area (TPSA) is 26.3 Å². The Morgan fingerprint density at radius 1 is 1.46 bits per heavy atom. The fourth-order valence-corrected chi connectivity index (χ4v) is 0.705. The average molecular weight is 184 g/mol. The third kappa shape index (κ3) is 2.37. The summed E-state index contributed by atoms with van der Waals surface area (Å²) < 4.78 is 29.7. The van der Waals surface area contributed by atoms with E-state index < -0.39 is 23.4 Å². The van der Waals surface area contributed by atoms with Crippen LogP contribution in [0, 0.1) is 11.6 Å². The van der Waals surface area contributed by atoms with Crippen LogP contribution < -0.4 is 4.74 Å². The van der Waals surface area contributed by atoms with Gasteiger partial charge in [-0.05, 0) is 12.1 Å². The zero-order valence-corrected chi connectivity index (χ0v) is 6.59. The smallest absolute Gasteiger partial charge is 0.335 e. The number of hydrogen-bond acceptors (Lipinski definition) is 2. The number of carbonyl (C=O) groups is 1. The first-order chi connectivity index (χ1) is 6.13. The van der Waals surface area contributed by atoms with E-state index in [1.165, 1.54) is 0 Å². The van der Waals surface area contributed by atoms with Gasteiger partial charge in [0.25, 0.3) is 0 Å². The Morgan fingerprint density at radius 2 is 2.15 bits per heavy atom. The summed E-state index contributed by atoms with van der Waals surface area (Å²) in [5, 5.41) is 0. The molecule has 0 radical (unpaired) electrons. The van der Waals surface area contributed by atoms with Gasteiger partial charge in [0.2, 0.25) is 0 Å². The van der Waals surface area contributed by atoms with Crippen molar-refractivity contribution in [1.29, 1.82) is 0 Å². The van der Waals surface area contributed by atoms with Gasteiger partial charge >= 0.3 is 5.97 Å². The molecule has 4 heteroatoms. The highest BCUT2D eigenvalue weighted by Crippen LogP contribution is 2.17. The predicted molar refractivity (Wildman–Crippen MR) is 42.2 cm³/mol. The predicted octanol–water partition coefficient (Wildman–Crippen LogP) is 2.06. The molecule has 0 N–H and O–H groups in total. The second kappa shape index (κ2) is 3.80. The Kier molecular flexibility index (Phi) is 2.74. The van der Waals surface area contributed by atoms with Crippen molar-refractivity contribution in [3.05, 3.63) is 42.5 Å². The molecule has 0 atom stereocenters. The van der Waals surface area contributed by atoms with Crippen LogP contribution in [0.1, 0.15) is 0 Å². The molecule has 0 aliphatic carbocycles. The Morgan fingerprint density at radius 3 is 2.77 bits per heavy atom. The number of esters is 1. The van der Waals surface area contributed by atoms with Crippen molar-refractivity contribution in [3.63, 3.8) is 0 Å². The highest BCUT2D eigenvalue weighted by Gasteiger charge is 2.07. The molecule has 13 heavy (non-hydrogen) atoms. The first-order valence-corrected chi connectivity index (χ1v) is 3.43. The van der Waals surface area contributed by atoms with Gasteiger partial charge < -0.3 is 4.74 Å². The van der Waals surface area contributed by atoms with Gasteiger partial charge in [0.05, 0.1) is 0 Å². The maximum atomic E-state index is 12.8. The molecule has 0 fully saturated rings. The number of halogens is 2. The fraction of sp³-hybridized carbons (Fsp3) is 0. The summed E-state index contributed by atoms with van der Waals surface area (Å²) in [6.07, 6.45) is 0.865. The van der Waals surface area contributed by atoms with Crippen LogP contribution in [0.3, 0.4) is 0 Å². The zero-order chi connectivity index (χ0) is 9.84. The molecule has 0 spiro atoms. The van der Waals surface area contributed by atoms with Crippen molar-refractivity contribution in [3.8, 4) is 5.75 Å². The number of rotatable bonds is 2. The molecular weight excluding hydrogens is 178 g/mol. The molecule has 2 nitrogen and oxygen atoms in total. The van der Waals surface area contributed by atoms with E-state index in [0.29, 0.717) is 0 Å². The number of ether oxygens (including phenoxy) is 1. The van der Waals surface area contributed by atoms with Crippen LogP contribution in [-0.4, -0.2) is 5.97 Å². The summed E-state index contributed by atoms with van der Waals surface area (Å²) in [7, 11) is 0. The molecule has 0 heterocycles. The third-order valence-corrected chi connectivity index (χ3v) is 1.27. The van der Waals surface area contributed by atoms with Crippen LogP contribution >= 0.6 is 0 Å². The van der Waals surface area contributed by atoms with Crippen molar-refractivity contribution in [2.75, 3.05) is 0 Å². The summed E-state index contributed by atoms with van der Waals surface area (Å²) in [5.41, 5.74) is 0. The molecule has 1 aromatic rings. The van der Waals surface area contributed by atoms with E-state index in [0.717, 1.165) is 24.3 Å². The Balaban J connectivity index is 2.93. The summed E-state index contributed by atoms with van der Waals surface area (Å²) in [4.78, 5) is 10.6. The lowest BCUT2D eigenvalue weighted by atomic mass is 10.3. The monoisotopic (exact) mass is 184 g/mol. The number of carbonyl (C=O) groups excluding carboxylic acids is 1. The van der Waals surface area contributed by atoms with E-state index in [-0.39, 0.29) is 0 Å². The summed E-state index contributed by atoms with van der Waals surface area (Å²) >= 11 is 0. The van der Waals surface area contributed by atoms with Crippen molar-refractivity contribution in [1.82, 2.24) is 0 Å². The SMILES string of the molecule is C=CC(=O)Oc1cc(F)ccc1F. The lowest BCUT2D eigenvalue weighted by Gasteiger charge is -2.01. The average Bonchev–Trinajstić information content (AvgIpc) is 2.11. The van der Waals surface area contributed by atoms with Gasteiger partial charge in [-0.1, -0.05) is 6.58 Å².